The second-order valence-corrected chi connectivity index (χ2v) is 7.12. The number of H-pyrrole nitrogens is 1. The number of hydrogen-bond donors (Lipinski definition) is 3. The van der Waals surface area contributed by atoms with Gasteiger partial charge in [-0.2, -0.15) is 0 Å². The number of aromatic nitrogens is 2. The van der Waals surface area contributed by atoms with Gasteiger partial charge in [0.25, 0.3) is 5.56 Å². The maximum atomic E-state index is 12.5. The molecule has 1 fully saturated rings. The van der Waals surface area contributed by atoms with Gasteiger partial charge in [0.05, 0.1) is 11.9 Å². The molecule has 1 aliphatic carbocycles. The van der Waals surface area contributed by atoms with Gasteiger partial charge >= 0.3 is 0 Å². The Hall–Kier alpha value is -2.15. The fraction of sp³-hybridized carbons (Fsp3) is 0.471. The number of carbonyl (C=O) groups excluding carboxylic acids is 1. The van der Waals surface area contributed by atoms with Gasteiger partial charge in [-0.05, 0) is 24.3 Å². The molecular formula is C17H21N3O3S. The van der Waals surface area contributed by atoms with E-state index in [1.54, 1.807) is 0 Å². The van der Waals surface area contributed by atoms with E-state index in [1.165, 1.54) is 17.8 Å². The van der Waals surface area contributed by atoms with Crippen LogP contribution in [0.2, 0.25) is 0 Å². The number of rotatable bonds is 5. The summed E-state index contributed by atoms with van der Waals surface area (Å²) in [7, 11) is 0. The molecule has 24 heavy (non-hydrogen) atoms. The van der Waals surface area contributed by atoms with Crippen molar-refractivity contribution in [2.24, 2.45) is 0 Å². The zero-order valence-electron chi connectivity index (χ0n) is 13.3. The molecule has 0 bridgehead atoms. The Kier molecular flexibility index (Phi) is 5.30. The minimum atomic E-state index is -0.494. The number of nitrogens with zero attached hydrogens (tertiary/aromatic N) is 1. The lowest BCUT2D eigenvalue weighted by Crippen LogP contribution is -2.37. The lowest BCUT2D eigenvalue weighted by molar-refractivity contribution is -0.122. The van der Waals surface area contributed by atoms with E-state index in [2.05, 4.69) is 15.3 Å². The van der Waals surface area contributed by atoms with Gasteiger partial charge in [0, 0.05) is 23.3 Å². The molecule has 0 radical (unpaired) electrons. The average Bonchev–Trinajstić information content (AvgIpc) is 3.09. The second-order valence-electron chi connectivity index (χ2n) is 6.14. The van der Waals surface area contributed by atoms with Gasteiger partial charge in [-0.1, -0.05) is 25.3 Å². The molecule has 2 aromatic rings. The third kappa shape index (κ3) is 3.84. The summed E-state index contributed by atoms with van der Waals surface area (Å²) >= 11 is 1.46. The Morgan fingerprint density at radius 1 is 1.42 bits per heavy atom. The quantitative estimate of drug-likeness (QED) is 0.774. The molecule has 3 rings (SSSR count). The minimum absolute atomic E-state index is 0.0945. The van der Waals surface area contributed by atoms with Crippen molar-refractivity contribution in [1.82, 2.24) is 15.3 Å². The number of aromatic hydroxyl groups is 1. The van der Waals surface area contributed by atoms with Crippen LogP contribution < -0.4 is 10.9 Å². The lowest BCUT2D eigenvalue weighted by atomic mass is 9.93. The van der Waals surface area contributed by atoms with Crippen LogP contribution in [-0.2, 0) is 4.79 Å². The Bertz CT molecular complexity index is 736. The molecule has 0 saturated heterocycles. The van der Waals surface area contributed by atoms with E-state index in [9.17, 15) is 14.7 Å². The summed E-state index contributed by atoms with van der Waals surface area (Å²) < 4.78 is 0. The first-order valence-electron chi connectivity index (χ1n) is 8.24. The standard InChI is InChI=1S/C17H21N3O3S/c21-14(20-11-5-2-1-3-6-11)9-12(13-7-4-8-24-13)15-16(22)18-10-19-17(15)23/h4,7-8,10-12H,1-3,5-6,9H2,(H,20,21)(H2,18,19,22,23). The molecule has 128 valence electrons. The first kappa shape index (κ1) is 16.7. The van der Waals surface area contributed by atoms with Crippen LogP contribution in [0.15, 0.2) is 28.6 Å². The molecule has 1 saturated carbocycles. The van der Waals surface area contributed by atoms with Gasteiger partial charge in [0.15, 0.2) is 0 Å². The molecule has 3 N–H and O–H groups in total. The number of nitrogens with one attached hydrogen (secondary N) is 2. The van der Waals surface area contributed by atoms with Gasteiger partial charge in [0.1, 0.15) is 0 Å². The SMILES string of the molecule is O=C(CC(c1cccs1)c1c(O)nc[nH]c1=O)NC1CCCCC1. The first-order valence-corrected chi connectivity index (χ1v) is 9.12. The van der Waals surface area contributed by atoms with E-state index in [0.717, 1.165) is 36.9 Å². The van der Waals surface area contributed by atoms with Crippen molar-refractivity contribution in [1.29, 1.82) is 0 Å². The van der Waals surface area contributed by atoms with E-state index in [0.29, 0.717) is 0 Å². The van der Waals surface area contributed by atoms with Crippen LogP contribution in [0.25, 0.3) is 0 Å². The van der Waals surface area contributed by atoms with Crippen LogP contribution in [0.4, 0.5) is 0 Å². The summed E-state index contributed by atoms with van der Waals surface area (Å²) in [5, 5.41) is 15.0. The predicted molar refractivity (Wildman–Crippen MR) is 92.3 cm³/mol. The average molecular weight is 347 g/mol. The molecule has 1 unspecified atom stereocenters. The molecule has 0 aromatic carbocycles. The molecule has 2 heterocycles. The second kappa shape index (κ2) is 7.61. The molecule has 6 nitrogen and oxygen atoms in total. The number of hydrogen-bond acceptors (Lipinski definition) is 5. The highest BCUT2D eigenvalue weighted by atomic mass is 32.1. The monoisotopic (exact) mass is 347 g/mol. The zero-order valence-corrected chi connectivity index (χ0v) is 14.1. The van der Waals surface area contributed by atoms with E-state index in [4.69, 9.17) is 0 Å². The van der Waals surface area contributed by atoms with E-state index < -0.39 is 11.5 Å². The van der Waals surface area contributed by atoms with Crippen molar-refractivity contribution in [2.45, 2.75) is 50.5 Å². The third-order valence-corrected chi connectivity index (χ3v) is 5.45. The number of amides is 1. The number of aromatic amines is 1. The van der Waals surface area contributed by atoms with Crippen LogP contribution in [0.5, 0.6) is 5.88 Å². The van der Waals surface area contributed by atoms with Crippen LogP contribution in [-0.4, -0.2) is 27.0 Å². The molecule has 7 heteroatoms. The maximum Gasteiger partial charge on any atom is 0.258 e. The fourth-order valence-electron chi connectivity index (χ4n) is 3.27. The summed E-state index contributed by atoms with van der Waals surface area (Å²) in [6.07, 6.45) is 6.81. The van der Waals surface area contributed by atoms with Gasteiger partial charge in [-0.25, -0.2) is 4.98 Å². The third-order valence-electron chi connectivity index (χ3n) is 4.46. The summed E-state index contributed by atoms with van der Waals surface area (Å²) in [5.74, 6) is -0.906. The van der Waals surface area contributed by atoms with Crippen molar-refractivity contribution in [2.75, 3.05) is 0 Å². The van der Waals surface area contributed by atoms with Crippen molar-refractivity contribution >= 4 is 17.2 Å². The maximum absolute atomic E-state index is 12.5. The van der Waals surface area contributed by atoms with E-state index >= 15 is 0 Å². The van der Waals surface area contributed by atoms with Crippen molar-refractivity contribution < 1.29 is 9.90 Å². The molecule has 0 aliphatic heterocycles. The molecule has 0 spiro atoms. The normalized spacial score (nSPS) is 16.7. The highest BCUT2D eigenvalue weighted by Gasteiger charge is 2.27. The van der Waals surface area contributed by atoms with Crippen LogP contribution in [0.1, 0.15) is 54.9 Å². The minimum Gasteiger partial charge on any atom is -0.493 e. The highest BCUT2D eigenvalue weighted by molar-refractivity contribution is 7.10. The van der Waals surface area contributed by atoms with E-state index in [1.807, 2.05) is 17.5 Å². The molecule has 1 atom stereocenters. The van der Waals surface area contributed by atoms with Gasteiger partial charge in [-0.3, -0.25) is 9.59 Å². The molecule has 1 aliphatic rings. The first-order chi connectivity index (χ1) is 11.6. The Morgan fingerprint density at radius 3 is 2.88 bits per heavy atom. The summed E-state index contributed by atoms with van der Waals surface area (Å²) in [5.41, 5.74) is -0.259. The number of carbonyl (C=O) groups is 1. The van der Waals surface area contributed by atoms with E-state index in [-0.39, 0.29) is 29.8 Å². The fourth-order valence-corrected chi connectivity index (χ4v) is 4.11. The van der Waals surface area contributed by atoms with Gasteiger partial charge < -0.3 is 15.4 Å². The predicted octanol–water partition coefficient (Wildman–Crippen LogP) is 2.51. The lowest BCUT2D eigenvalue weighted by Gasteiger charge is -2.24. The summed E-state index contributed by atoms with van der Waals surface area (Å²) in [6.45, 7) is 0. The number of thiophene rings is 1. The topological polar surface area (TPSA) is 95.1 Å². The Morgan fingerprint density at radius 2 is 2.21 bits per heavy atom. The van der Waals surface area contributed by atoms with Crippen LogP contribution in [0.3, 0.4) is 0 Å². The van der Waals surface area contributed by atoms with Crippen molar-refractivity contribution in [3.05, 3.63) is 44.6 Å². The Labute approximate surface area is 144 Å². The molecular weight excluding hydrogens is 326 g/mol. The van der Waals surface area contributed by atoms with Crippen LogP contribution >= 0.6 is 11.3 Å². The Balaban J connectivity index is 1.81. The van der Waals surface area contributed by atoms with Crippen LogP contribution in [0, 0.1) is 0 Å². The highest BCUT2D eigenvalue weighted by Crippen LogP contribution is 2.33. The zero-order chi connectivity index (χ0) is 16.9. The largest absolute Gasteiger partial charge is 0.493 e. The van der Waals surface area contributed by atoms with Gasteiger partial charge in [0.2, 0.25) is 11.8 Å². The summed E-state index contributed by atoms with van der Waals surface area (Å²) in [4.78, 5) is 31.8. The van der Waals surface area contributed by atoms with Crippen molar-refractivity contribution in [3.8, 4) is 5.88 Å². The smallest absolute Gasteiger partial charge is 0.258 e. The molecule has 2 aromatic heterocycles. The van der Waals surface area contributed by atoms with Gasteiger partial charge in [-0.15, -0.1) is 11.3 Å². The molecule has 1 amide bonds. The summed E-state index contributed by atoms with van der Waals surface area (Å²) in [6, 6.07) is 3.96. The van der Waals surface area contributed by atoms with Crippen molar-refractivity contribution in [3.63, 3.8) is 0 Å².